The third-order valence-electron chi connectivity index (χ3n) is 2.60. The Morgan fingerprint density at radius 1 is 1.36 bits per heavy atom. The minimum atomic E-state index is 0.606. The highest BCUT2D eigenvalue weighted by Gasteiger charge is 2.14. The summed E-state index contributed by atoms with van der Waals surface area (Å²) in [7, 11) is 4.11. The van der Waals surface area contributed by atoms with Crippen LogP contribution in [0.2, 0.25) is 0 Å². The van der Waals surface area contributed by atoms with Gasteiger partial charge in [-0.2, -0.15) is 0 Å². The van der Waals surface area contributed by atoms with Gasteiger partial charge in [-0.3, -0.25) is 0 Å². The topological polar surface area (TPSA) is 3.24 Å². The molecule has 0 bridgehead atoms. The molecule has 0 spiro atoms. The fraction of sp³-hybridized carbons (Fsp3) is 0.800. The number of rotatable bonds is 4. The molecule has 0 aromatic carbocycles. The van der Waals surface area contributed by atoms with E-state index in [4.69, 9.17) is 0 Å². The van der Waals surface area contributed by atoms with Crippen molar-refractivity contribution in [3.05, 3.63) is 12.3 Å². The van der Waals surface area contributed by atoms with Gasteiger partial charge >= 0.3 is 0 Å². The van der Waals surface area contributed by atoms with Crippen molar-refractivity contribution in [1.82, 2.24) is 4.90 Å². The summed E-state index contributed by atoms with van der Waals surface area (Å²) in [6, 6.07) is 0. The molecule has 0 saturated carbocycles. The van der Waals surface area contributed by atoms with Gasteiger partial charge in [0.1, 0.15) is 0 Å². The van der Waals surface area contributed by atoms with Gasteiger partial charge in [0.25, 0.3) is 0 Å². The van der Waals surface area contributed by atoms with Crippen LogP contribution in [-0.2, 0) is 0 Å². The zero-order chi connectivity index (χ0) is 9.02. The second-order valence-corrected chi connectivity index (χ2v) is 3.56. The molecule has 1 heteroatoms. The van der Waals surface area contributed by atoms with Crippen molar-refractivity contribution in [2.45, 2.75) is 27.2 Å². The number of nitrogens with zero attached hydrogens (tertiary/aromatic N) is 1. The molecule has 0 amide bonds. The van der Waals surface area contributed by atoms with Crippen molar-refractivity contribution in [3.63, 3.8) is 0 Å². The smallest absolute Gasteiger partial charge is 0.00859 e. The predicted molar refractivity (Wildman–Crippen MR) is 51.4 cm³/mol. The molecule has 0 radical (unpaired) electrons. The molecule has 0 aliphatic carbocycles. The van der Waals surface area contributed by atoms with Crippen LogP contribution in [0.3, 0.4) is 0 Å². The van der Waals surface area contributed by atoms with Gasteiger partial charge in [-0.1, -0.05) is 33.8 Å². The largest absolute Gasteiger partial charge is 0.381 e. The summed E-state index contributed by atoms with van der Waals surface area (Å²) in [6.45, 7) is 10.8. The van der Waals surface area contributed by atoms with E-state index in [0.29, 0.717) is 5.92 Å². The van der Waals surface area contributed by atoms with Gasteiger partial charge in [0, 0.05) is 19.8 Å². The molecule has 0 N–H and O–H groups in total. The maximum absolute atomic E-state index is 4.05. The van der Waals surface area contributed by atoms with Gasteiger partial charge in [-0.05, 0) is 11.8 Å². The Balaban J connectivity index is 4.02. The minimum Gasteiger partial charge on any atom is -0.381 e. The summed E-state index contributed by atoms with van der Waals surface area (Å²) in [4.78, 5) is 2.11. The lowest BCUT2D eigenvalue weighted by Crippen LogP contribution is -2.20. The first kappa shape index (κ1) is 10.5. The molecule has 0 rings (SSSR count). The standard InChI is InChI=1S/C10H21N/c1-7-8(2)9(3)10(4)11(5)6/h8-9H,4,7H2,1-3,5-6H3/t8?,9-/m0/s1. The van der Waals surface area contributed by atoms with E-state index < -0.39 is 0 Å². The molecule has 1 nitrogen and oxygen atoms in total. The lowest BCUT2D eigenvalue weighted by molar-refractivity contribution is 0.344. The average Bonchev–Trinajstić information content (AvgIpc) is 2.00. The van der Waals surface area contributed by atoms with Crippen LogP contribution >= 0.6 is 0 Å². The fourth-order valence-electron chi connectivity index (χ4n) is 1.09. The van der Waals surface area contributed by atoms with E-state index in [1.165, 1.54) is 12.1 Å². The first-order valence-electron chi connectivity index (χ1n) is 4.36. The molecular formula is C10H21N. The zero-order valence-electron chi connectivity index (χ0n) is 8.52. The molecule has 66 valence electrons. The molecule has 0 heterocycles. The van der Waals surface area contributed by atoms with Crippen LogP contribution in [-0.4, -0.2) is 19.0 Å². The van der Waals surface area contributed by atoms with Crippen LogP contribution in [0.5, 0.6) is 0 Å². The molecule has 0 fully saturated rings. The van der Waals surface area contributed by atoms with Gasteiger partial charge in [0.05, 0.1) is 0 Å². The number of allylic oxidation sites excluding steroid dienone is 1. The molecule has 0 aromatic heterocycles. The van der Waals surface area contributed by atoms with Crippen molar-refractivity contribution in [2.75, 3.05) is 14.1 Å². The number of hydrogen-bond donors (Lipinski definition) is 0. The van der Waals surface area contributed by atoms with E-state index in [9.17, 15) is 0 Å². The molecule has 11 heavy (non-hydrogen) atoms. The molecule has 2 atom stereocenters. The normalized spacial score (nSPS) is 15.7. The Kier molecular flexibility index (Phi) is 4.24. The summed E-state index contributed by atoms with van der Waals surface area (Å²) in [5.41, 5.74) is 1.24. The van der Waals surface area contributed by atoms with Crippen molar-refractivity contribution >= 4 is 0 Å². The van der Waals surface area contributed by atoms with Crippen molar-refractivity contribution in [1.29, 1.82) is 0 Å². The summed E-state index contributed by atoms with van der Waals surface area (Å²) in [5.74, 6) is 1.35. The van der Waals surface area contributed by atoms with Crippen LogP contribution < -0.4 is 0 Å². The molecule has 0 aliphatic heterocycles. The molecule has 0 aromatic rings. The summed E-state index contributed by atoms with van der Waals surface area (Å²) in [5, 5.41) is 0. The monoisotopic (exact) mass is 155 g/mol. The number of hydrogen-bond acceptors (Lipinski definition) is 1. The van der Waals surface area contributed by atoms with Gasteiger partial charge in [-0.15, -0.1) is 0 Å². The first-order valence-corrected chi connectivity index (χ1v) is 4.36. The highest BCUT2D eigenvalue weighted by molar-refractivity contribution is 4.97. The zero-order valence-corrected chi connectivity index (χ0v) is 8.52. The van der Waals surface area contributed by atoms with Crippen LogP contribution in [0.1, 0.15) is 27.2 Å². The average molecular weight is 155 g/mol. The first-order chi connectivity index (χ1) is 5.00. The SMILES string of the molecule is C=C([C@@H](C)C(C)CC)N(C)C. The van der Waals surface area contributed by atoms with Gasteiger partial charge in [0.15, 0.2) is 0 Å². The second kappa shape index (κ2) is 4.42. The maximum atomic E-state index is 4.05. The Labute approximate surface area is 71.1 Å². The Morgan fingerprint density at radius 3 is 2.09 bits per heavy atom. The summed E-state index contributed by atoms with van der Waals surface area (Å²) in [6.07, 6.45) is 1.23. The third-order valence-corrected chi connectivity index (χ3v) is 2.60. The van der Waals surface area contributed by atoms with E-state index in [2.05, 4.69) is 46.3 Å². The van der Waals surface area contributed by atoms with Crippen molar-refractivity contribution in [2.24, 2.45) is 11.8 Å². The fourth-order valence-corrected chi connectivity index (χ4v) is 1.09. The van der Waals surface area contributed by atoms with Gasteiger partial charge < -0.3 is 4.90 Å². The summed E-state index contributed by atoms with van der Waals surface area (Å²) < 4.78 is 0. The lowest BCUT2D eigenvalue weighted by Gasteiger charge is -2.26. The summed E-state index contributed by atoms with van der Waals surface area (Å²) >= 11 is 0. The van der Waals surface area contributed by atoms with Gasteiger partial charge in [0.2, 0.25) is 0 Å². The van der Waals surface area contributed by atoms with Crippen molar-refractivity contribution < 1.29 is 0 Å². The van der Waals surface area contributed by atoms with E-state index in [1.807, 2.05) is 0 Å². The predicted octanol–water partition coefficient (Wildman–Crippen LogP) is 2.74. The highest BCUT2D eigenvalue weighted by atomic mass is 15.1. The Bertz CT molecular complexity index is 127. The van der Waals surface area contributed by atoms with Crippen molar-refractivity contribution in [3.8, 4) is 0 Å². The van der Waals surface area contributed by atoms with Crippen LogP contribution in [0.4, 0.5) is 0 Å². The molecule has 0 aliphatic rings. The van der Waals surface area contributed by atoms with E-state index in [0.717, 1.165) is 5.92 Å². The minimum absolute atomic E-state index is 0.606. The third kappa shape index (κ3) is 2.96. The maximum Gasteiger partial charge on any atom is 0.00859 e. The van der Waals surface area contributed by atoms with E-state index in [1.54, 1.807) is 0 Å². The quantitative estimate of drug-likeness (QED) is 0.603. The van der Waals surface area contributed by atoms with Crippen LogP contribution in [0, 0.1) is 11.8 Å². The molecule has 1 unspecified atom stereocenters. The van der Waals surface area contributed by atoms with E-state index >= 15 is 0 Å². The highest BCUT2D eigenvalue weighted by Crippen LogP contribution is 2.22. The van der Waals surface area contributed by atoms with Crippen LogP contribution in [0.15, 0.2) is 12.3 Å². The van der Waals surface area contributed by atoms with Gasteiger partial charge in [-0.25, -0.2) is 0 Å². The lowest BCUT2D eigenvalue weighted by atomic mass is 9.91. The molecular weight excluding hydrogens is 134 g/mol. The second-order valence-electron chi connectivity index (χ2n) is 3.56. The Morgan fingerprint density at radius 2 is 1.82 bits per heavy atom. The van der Waals surface area contributed by atoms with E-state index in [-0.39, 0.29) is 0 Å². The Hall–Kier alpha value is -0.460. The molecule has 0 saturated heterocycles. The van der Waals surface area contributed by atoms with Crippen LogP contribution in [0.25, 0.3) is 0 Å².